The SMILES string of the molecule is CCNC1COc2c(N)cccc2C1. The second-order valence-corrected chi connectivity index (χ2v) is 3.61. The first-order valence-electron chi connectivity index (χ1n) is 5.04. The van der Waals surface area contributed by atoms with Crippen molar-refractivity contribution in [3.8, 4) is 5.75 Å². The van der Waals surface area contributed by atoms with Crippen LogP contribution in [0.1, 0.15) is 12.5 Å². The van der Waals surface area contributed by atoms with Crippen LogP contribution < -0.4 is 15.8 Å². The number of rotatable bonds is 2. The van der Waals surface area contributed by atoms with Gasteiger partial charge in [0.2, 0.25) is 0 Å². The first-order valence-corrected chi connectivity index (χ1v) is 5.04. The Hall–Kier alpha value is -1.22. The molecule has 1 aliphatic heterocycles. The molecule has 1 unspecified atom stereocenters. The molecule has 3 heteroatoms. The average molecular weight is 192 g/mol. The Morgan fingerprint density at radius 1 is 1.57 bits per heavy atom. The maximum atomic E-state index is 5.82. The zero-order chi connectivity index (χ0) is 9.97. The highest BCUT2D eigenvalue weighted by Crippen LogP contribution is 2.30. The van der Waals surface area contributed by atoms with Gasteiger partial charge in [0, 0.05) is 6.04 Å². The monoisotopic (exact) mass is 192 g/mol. The zero-order valence-electron chi connectivity index (χ0n) is 8.42. The third kappa shape index (κ3) is 1.68. The van der Waals surface area contributed by atoms with Crippen molar-refractivity contribution >= 4 is 5.69 Å². The van der Waals surface area contributed by atoms with E-state index in [2.05, 4.69) is 18.3 Å². The Labute approximate surface area is 84.3 Å². The topological polar surface area (TPSA) is 47.3 Å². The van der Waals surface area contributed by atoms with Crippen LogP contribution in [0.4, 0.5) is 5.69 Å². The van der Waals surface area contributed by atoms with Gasteiger partial charge in [-0.05, 0) is 24.6 Å². The summed E-state index contributed by atoms with van der Waals surface area (Å²) in [5.74, 6) is 0.877. The predicted molar refractivity (Wildman–Crippen MR) is 57.5 cm³/mol. The van der Waals surface area contributed by atoms with Crippen molar-refractivity contribution in [1.29, 1.82) is 0 Å². The molecule has 0 saturated carbocycles. The lowest BCUT2D eigenvalue weighted by Crippen LogP contribution is -2.39. The minimum atomic E-state index is 0.425. The number of anilines is 1. The first kappa shape index (κ1) is 9.34. The van der Waals surface area contributed by atoms with Crippen molar-refractivity contribution in [3.63, 3.8) is 0 Å². The minimum Gasteiger partial charge on any atom is -0.490 e. The van der Waals surface area contributed by atoms with E-state index in [-0.39, 0.29) is 0 Å². The van der Waals surface area contributed by atoms with Gasteiger partial charge in [-0.25, -0.2) is 0 Å². The van der Waals surface area contributed by atoms with Crippen LogP contribution in [0.15, 0.2) is 18.2 Å². The maximum Gasteiger partial charge on any atom is 0.145 e. The van der Waals surface area contributed by atoms with Gasteiger partial charge in [0.05, 0.1) is 5.69 Å². The number of fused-ring (bicyclic) bond motifs is 1. The quantitative estimate of drug-likeness (QED) is 0.692. The van der Waals surface area contributed by atoms with Crippen LogP contribution in [-0.4, -0.2) is 19.2 Å². The Morgan fingerprint density at radius 3 is 3.21 bits per heavy atom. The second-order valence-electron chi connectivity index (χ2n) is 3.61. The molecule has 0 saturated heterocycles. The van der Waals surface area contributed by atoms with E-state index in [4.69, 9.17) is 10.5 Å². The summed E-state index contributed by atoms with van der Waals surface area (Å²) in [7, 11) is 0. The highest BCUT2D eigenvalue weighted by Gasteiger charge is 2.19. The molecule has 1 heterocycles. The van der Waals surface area contributed by atoms with Crippen molar-refractivity contribution < 1.29 is 4.74 Å². The molecular weight excluding hydrogens is 176 g/mol. The number of nitrogen functional groups attached to an aromatic ring is 1. The van der Waals surface area contributed by atoms with Crippen LogP contribution in [0.25, 0.3) is 0 Å². The van der Waals surface area contributed by atoms with Gasteiger partial charge < -0.3 is 15.8 Å². The normalized spacial score (nSPS) is 19.9. The molecule has 0 spiro atoms. The van der Waals surface area contributed by atoms with E-state index in [0.29, 0.717) is 6.04 Å². The Bertz CT molecular complexity index is 325. The number of likely N-dealkylation sites (N-methyl/N-ethyl adjacent to an activating group) is 1. The lowest BCUT2D eigenvalue weighted by Gasteiger charge is -2.26. The molecule has 3 nitrogen and oxygen atoms in total. The molecule has 0 aromatic heterocycles. The van der Waals surface area contributed by atoms with Crippen LogP contribution in [0, 0.1) is 0 Å². The fraction of sp³-hybridized carbons (Fsp3) is 0.455. The lowest BCUT2D eigenvalue weighted by atomic mass is 10.0. The number of hydrogen-bond acceptors (Lipinski definition) is 3. The van der Waals surface area contributed by atoms with Crippen molar-refractivity contribution in [3.05, 3.63) is 23.8 Å². The Balaban J connectivity index is 2.18. The molecule has 0 radical (unpaired) electrons. The highest BCUT2D eigenvalue weighted by atomic mass is 16.5. The van der Waals surface area contributed by atoms with Crippen LogP contribution in [0.3, 0.4) is 0 Å². The molecule has 2 rings (SSSR count). The van der Waals surface area contributed by atoms with E-state index in [0.717, 1.165) is 31.0 Å². The van der Waals surface area contributed by atoms with E-state index in [1.165, 1.54) is 5.56 Å². The zero-order valence-corrected chi connectivity index (χ0v) is 8.42. The molecule has 1 aliphatic rings. The highest BCUT2D eigenvalue weighted by molar-refractivity contribution is 5.57. The molecule has 0 aliphatic carbocycles. The van der Waals surface area contributed by atoms with Gasteiger partial charge in [0.15, 0.2) is 0 Å². The van der Waals surface area contributed by atoms with Crippen LogP contribution in [0.2, 0.25) is 0 Å². The molecule has 76 valence electrons. The number of nitrogens with two attached hydrogens (primary N) is 1. The Kier molecular flexibility index (Phi) is 2.59. The van der Waals surface area contributed by atoms with Gasteiger partial charge in [0.25, 0.3) is 0 Å². The van der Waals surface area contributed by atoms with E-state index in [9.17, 15) is 0 Å². The van der Waals surface area contributed by atoms with Crippen molar-refractivity contribution in [2.45, 2.75) is 19.4 Å². The fourth-order valence-corrected chi connectivity index (χ4v) is 1.87. The Morgan fingerprint density at radius 2 is 2.43 bits per heavy atom. The maximum absolute atomic E-state index is 5.82. The van der Waals surface area contributed by atoms with Gasteiger partial charge in [-0.1, -0.05) is 19.1 Å². The van der Waals surface area contributed by atoms with E-state index in [1.807, 2.05) is 12.1 Å². The summed E-state index contributed by atoms with van der Waals surface area (Å²) in [6, 6.07) is 6.36. The van der Waals surface area contributed by atoms with Crippen LogP contribution in [-0.2, 0) is 6.42 Å². The summed E-state index contributed by atoms with van der Waals surface area (Å²) in [5, 5.41) is 3.38. The van der Waals surface area contributed by atoms with E-state index >= 15 is 0 Å². The van der Waals surface area contributed by atoms with Crippen molar-refractivity contribution in [2.75, 3.05) is 18.9 Å². The molecule has 0 amide bonds. The van der Waals surface area contributed by atoms with E-state index in [1.54, 1.807) is 0 Å². The summed E-state index contributed by atoms with van der Waals surface area (Å²) in [6.45, 7) is 3.80. The van der Waals surface area contributed by atoms with E-state index < -0.39 is 0 Å². The molecule has 14 heavy (non-hydrogen) atoms. The molecule has 0 bridgehead atoms. The van der Waals surface area contributed by atoms with Crippen LogP contribution >= 0.6 is 0 Å². The summed E-state index contributed by atoms with van der Waals surface area (Å²) in [6.07, 6.45) is 1.01. The molecule has 0 fully saturated rings. The third-order valence-corrected chi connectivity index (χ3v) is 2.52. The molecule has 1 atom stereocenters. The van der Waals surface area contributed by atoms with Gasteiger partial charge in [-0.15, -0.1) is 0 Å². The average Bonchev–Trinajstić information content (AvgIpc) is 2.18. The van der Waals surface area contributed by atoms with Crippen LogP contribution in [0.5, 0.6) is 5.75 Å². The molecular formula is C11H16N2O. The van der Waals surface area contributed by atoms with Gasteiger partial charge in [0.1, 0.15) is 12.4 Å². The predicted octanol–water partition coefficient (Wildman–Crippen LogP) is 1.18. The van der Waals surface area contributed by atoms with Gasteiger partial charge in [-0.3, -0.25) is 0 Å². The minimum absolute atomic E-state index is 0.425. The number of benzene rings is 1. The first-order chi connectivity index (χ1) is 6.81. The van der Waals surface area contributed by atoms with Gasteiger partial charge >= 0.3 is 0 Å². The summed E-state index contributed by atoms with van der Waals surface area (Å²) < 4.78 is 5.63. The standard InChI is InChI=1S/C11H16N2O/c1-2-13-9-6-8-4-3-5-10(12)11(8)14-7-9/h3-5,9,13H,2,6-7,12H2,1H3. The lowest BCUT2D eigenvalue weighted by molar-refractivity contribution is 0.242. The fourth-order valence-electron chi connectivity index (χ4n) is 1.87. The largest absolute Gasteiger partial charge is 0.490 e. The third-order valence-electron chi connectivity index (χ3n) is 2.52. The summed E-state index contributed by atoms with van der Waals surface area (Å²) in [4.78, 5) is 0. The number of nitrogens with one attached hydrogen (secondary N) is 1. The summed E-state index contributed by atoms with van der Waals surface area (Å²) >= 11 is 0. The summed E-state index contributed by atoms with van der Waals surface area (Å²) in [5.41, 5.74) is 7.77. The molecule has 1 aromatic rings. The number of hydrogen-bond donors (Lipinski definition) is 2. The van der Waals surface area contributed by atoms with Crippen molar-refractivity contribution in [1.82, 2.24) is 5.32 Å². The van der Waals surface area contributed by atoms with Gasteiger partial charge in [-0.2, -0.15) is 0 Å². The number of para-hydroxylation sites is 1. The molecule has 1 aromatic carbocycles. The smallest absolute Gasteiger partial charge is 0.145 e. The number of ether oxygens (including phenoxy) is 1. The molecule has 3 N–H and O–H groups in total. The van der Waals surface area contributed by atoms with Crippen molar-refractivity contribution in [2.24, 2.45) is 0 Å². The second kappa shape index (κ2) is 3.88.